The number of aromatic nitrogens is 2. The Hall–Kier alpha value is -1.15. The second kappa shape index (κ2) is 8.63. The lowest BCUT2D eigenvalue weighted by atomic mass is 10.2. The van der Waals surface area contributed by atoms with Crippen LogP contribution >= 0.6 is 12.4 Å². The molecule has 3 rings (SSSR count). The van der Waals surface area contributed by atoms with Crippen molar-refractivity contribution in [2.45, 2.75) is 12.5 Å². The van der Waals surface area contributed by atoms with Gasteiger partial charge in [0.2, 0.25) is 0 Å². The number of nitrogens with zero attached hydrogens (tertiary/aromatic N) is 4. The van der Waals surface area contributed by atoms with Gasteiger partial charge in [0.25, 0.3) is 5.91 Å². The van der Waals surface area contributed by atoms with E-state index in [0.29, 0.717) is 5.69 Å². The highest BCUT2D eigenvalue weighted by atomic mass is 35.5. The summed E-state index contributed by atoms with van der Waals surface area (Å²) in [6.45, 7) is 7.03. The molecule has 1 N–H and O–H groups in total. The van der Waals surface area contributed by atoms with Crippen molar-refractivity contribution >= 4 is 18.3 Å². The van der Waals surface area contributed by atoms with Crippen molar-refractivity contribution in [1.29, 1.82) is 0 Å². The Morgan fingerprint density at radius 2 is 2.26 bits per heavy atom. The summed E-state index contributed by atoms with van der Waals surface area (Å²) < 4.78 is 7.18. The predicted octanol–water partition coefficient (Wildman–Crippen LogP) is -0.0218. The predicted molar refractivity (Wildman–Crippen MR) is 90.0 cm³/mol. The van der Waals surface area contributed by atoms with E-state index in [9.17, 15) is 4.79 Å². The number of amides is 1. The SMILES string of the molecule is Cl.Cn1cncc1C(=O)N(CCN1CCOCC1)C1CCNC1. The molecule has 2 aliphatic heterocycles. The third-order valence-electron chi connectivity index (χ3n) is 4.53. The van der Waals surface area contributed by atoms with Crippen LogP contribution in [-0.2, 0) is 11.8 Å². The molecule has 23 heavy (non-hydrogen) atoms. The van der Waals surface area contributed by atoms with Gasteiger partial charge >= 0.3 is 0 Å². The molecule has 7 nitrogen and oxygen atoms in total. The molecule has 2 saturated heterocycles. The Balaban J connectivity index is 0.00000192. The van der Waals surface area contributed by atoms with Crippen LogP contribution in [0.3, 0.4) is 0 Å². The molecule has 1 unspecified atom stereocenters. The van der Waals surface area contributed by atoms with Crippen LogP contribution in [0.25, 0.3) is 0 Å². The van der Waals surface area contributed by atoms with Gasteiger partial charge < -0.3 is 19.5 Å². The van der Waals surface area contributed by atoms with Crippen LogP contribution < -0.4 is 5.32 Å². The average Bonchev–Trinajstić information content (AvgIpc) is 3.20. The Bertz CT molecular complexity index is 498. The maximum Gasteiger partial charge on any atom is 0.272 e. The van der Waals surface area contributed by atoms with Crippen LogP contribution in [0.15, 0.2) is 12.5 Å². The first-order valence-corrected chi connectivity index (χ1v) is 8.04. The van der Waals surface area contributed by atoms with Gasteiger partial charge in [-0.25, -0.2) is 4.98 Å². The van der Waals surface area contributed by atoms with Gasteiger partial charge in [0.05, 0.1) is 25.7 Å². The van der Waals surface area contributed by atoms with Gasteiger partial charge in [-0.1, -0.05) is 0 Å². The fraction of sp³-hybridized carbons (Fsp3) is 0.733. The third-order valence-corrected chi connectivity index (χ3v) is 4.53. The van der Waals surface area contributed by atoms with Crippen molar-refractivity contribution in [3.05, 3.63) is 18.2 Å². The molecular weight excluding hydrogens is 318 g/mol. The van der Waals surface area contributed by atoms with Gasteiger partial charge in [-0.15, -0.1) is 12.4 Å². The quantitative estimate of drug-likeness (QED) is 0.814. The molecule has 3 heterocycles. The number of ether oxygens (including phenoxy) is 1. The van der Waals surface area contributed by atoms with E-state index in [1.807, 2.05) is 11.9 Å². The van der Waals surface area contributed by atoms with Crippen molar-refractivity contribution in [2.75, 3.05) is 52.5 Å². The van der Waals surface area contributed by atoms with Gasteiger partial charge in [0, 0.05) is 45.8 Å². The first-order valence-electron chi connectivity index (χ1n) is 8.04. The third kappa shape index (κ3) is 4.44. The Morgan fingerprint density at radius 3 is 2.87 bits per heavy atom. The minimum atomic E-state index is 0. The molecule has 0 saturated carbocycles. The van der Waals surface area contributed by atoms with Crippen molar-refractivity contribution in [1.82, 2.24) is 24.7 Å². The summed E-state index contributed by atoms with van der Waals surface area (Å²) in [5, 5.41) is 3.36. The lowest BCUT2D eigenvalue weighted by Crippen LogP contribution is -2.47. The molecule has 8 heteroatoms. The van der Waals surface area contributed by atoms with E-state index in [1.165, 1.54) is 0 Å². The van der Waals surface area contributed by atoms with E-state index in [1.54, 1.807) is 17.1 Å². The van der Waals surface area contributed by atoms with Gasteiger partial charge in [0.1, 0.15) is 5.69 Å². The second-order valence-corrected chi connectivity index (χ2v) is 5.99. The highest BCUT2D eigenvalue weighted by Crippen LogP contribution is 2.13. The van der Waals surface area contributed by atoms with E-state index in [-0.39, 0.29) is 24.4 Å². The Labute approximate surface area is 143 Å². The van der Waals surface area contributed by atoms with Crippen LogP contribution in [0.5, 0.6) is 0 Å². The maximum atomic E-state index is 12.9. The molecular formula is C15H26ClN5O2. The molecule has 1 aromatic heterocycles. The zero-order chi connectivity index (χ0) is 15.4. The molecule has 0 aromatic carbocycles. The molecule has 0 aliphatic carbocycles. The van der Waals surface area contributed by atoms with E-state index in [4.69, 9.17) is 4.74 Å². The summed E-state index contributed by atoms with van der Waals surface area (Å²) in [4.78, 5) is 21.3. The van der Waals surface area contributed by atoms with E-state index < -0.39 is 0 Å². The zero-order valence-electron chi connectivity index (χ0n) is 13.6. The van der Waals surface area contributed by atoms with Crippen LogP contribution in [-0.4, -0.2) is 83.8 Å². The number of aryl methyl sites for hydroxylation is 1. The lowest BCUT2D eigenvalue weighted by molar-refractivity contribution is 0.0300. The van der Waals surface area contributed by atoms with Gasteiger partial charge in [0.15, 0.2) is 0 Å². The van der Waals surface area contributed by atoms with Crippen molar-refractivity contribution in [2.24, 2.45) is 7.05 Å². The zero-order valence-corrected chi connectivity index (χ0v) is 14.4. The fourth-order valence-corrected chi connectivity index (χ4v) is 3.14. The molecule has 0 spiro atoms. The van der Waals surface area contributed by atoms with Gasteiger partial charge in [-0.2, -0.15) is 0 Å². The summed E-state index contributed by atoms with van der Waals surface area (Å²) in [5.74, 6) is 0.0851. The molecule has 1 amide bonds. The maximum absolute atomic E-state index is 12.9. The number of morpholine rings is 1. The summed E-state index contributed by atoms with van der Waals surface area (Å²) in [7, 11) is 1.87. The molecule has 2 aliphatic rings. The first-order chi connectivity index (χ1) is 10.8. The Kier molecular flexibility index (Phi) is 6.83. The second-order valence-electron chi connectivity index (χ2n) is 5.99. The molecule has 0 radical (unpaired) electrons. The number of imidazole rings is 1. The minimum absolute atomic E-state index is 0. The van der Waals surface area contributed by atoms with Crippen LogP contribution in [0.4, 0.5) is 0 Å². The molecule has 130 valence electrons. The number of carbonyl (C=O) groups excluding carboxylic acids is 1. The normalized spacial score (nSPS) is 21.9. The summed E-state index contributed by atoms with van der Waals surface area (Å²) in [6.07, 6.45) is 4.36. The Morgan fingerprint density at radius 1 is 1.48 bits per heavy atom. The fourth-order valence-electron chi connectivity index (χ4n) is 3.14. The number of hydrogen-bond donors (Lipinski definition) is 1. The summed E-state index contributed by atoms with van der Waals surface area (Å²) in [5.41, 5.74) is 0.661. The smallest absolute Gasteiger partial charge is 0.272 e. The minimum Gasteiger partial charge on any atom is -0.379 e. The molecule has 1 aromatic rings. The van der Waals surface area contributed by atoms with Gasteiger partial charge in [-0.3, -0.25) is 9.69 Å². The van der Waals surface area contributed by atoms with Crippen LogP contribution in [0.1, 0.15) is 16.9 Å². The van der Waals surface area contributed by atoms with E-state index in [2.05, 4.69) is 15.2 Å². The molecule has 0 bridgehead atoms. The van der Waals surface area contributed by atoms with E-state index >= 15 is 0 Å². The first kappa shape index (κ1) is 18.2. The van der Waals surface area contributed by atoms with Crippen molar-refractivity contribution in [3.8, 4) is 0 Å². The average molecular weight is 344 g/mol. The summed E-state index contributed by atoms with van der Waals surface area (Å²) >= 11 is 0. The number of halogens is 1. The summed E-state index contributed by atoms with van der Waals surface area (Å²) in [6, 6.07) is 0.281. The number of nitrogens with one attached hydrogen (secondary N) is 1. The highest BCUT2D eigenvalue weighted by Gasteiger charge is 2.29. The van der Waals surface area contributed by atoms with Crippen LogP contribution in [0, 0.1) is 0 Å². The number of rotatable bonds is 5. The molecule has 2 fully saturated rings. The van der Waals surface area contributed by atoms with Crippen molar-refractivity contribution < 1.29 is 9.53 Å². The molecule has 1 atom stereocenters. The number of carbonyl (C=O) groups is 1. The van der Waals surface area contributed by atoms with Crippen molar-refractivity contribution in [3.63, 3.8) is 0 Å². The van der Waals surface area contributed by atoms with Gasteiger partial charge in [-0.05, 0) is 13.0 Å². The highest BCUT2D eigenvalue weighted by molar-refractivity contribution is 5.92. The number of hydrogen-bond acceptors (Lipinski definition) is 5. The van der Waals surface area contributed by atoms with E-state index in [0.717, 1.165) is 58.9 Å². The topological polar surface area (TPSA) is 62.6 Å². The lowest BCUT2D eigenvalue weighted by Gasteiger charge is -2.33. The largest absolute Gasteiger partial charge is 0.379 e. The monoisotopic (exact) mass is 343 g/mol. The standard InChI is InChI=1S/C15H25N5O2.ClH/c1-18-12-17-11-14(18)15(21)20(13-2-3-16-10-13)5-4-19-6-8-22-9-7-19;/h11-13,16H,2-10H2,1H3;1H. The van der Waals surface area contributed by atoms with Crippen LogP contribution in [0.2, 0.25) is 0 Å².